The summed E-state index contributed by atoms with van der Waals surface area (Å²) in [6.45, 7) is 1.38. The highest BCUT2D eigenvalue weighted by Gasteiger charge is 2.19. The average Bonchev–Trinajstić information content (AvgIpc) is 2.42. The van der Waals surface area contributed by atoms with Crippen molar-refractivity contribution in [3.63, 3.8) is 0 Å². The van der Waals surface area contributed by atoms with Crippen molar-refractivity contribution in [1.29, 1.82) is 0 Å². The molecule has 0 spiro atoms. The van der Waals surface area contributed by atoms with E-state index in [2.05, 4.69) is 16.6 Å². The maximum Gasteiger partial charge on any atom is 0.243 e. The van der Waals surface area contributed by atoms with Crippen LogP contribution in [0.2, 0.25) is 0 Å². The number of aliphatic hydroxyl groups is 1. The molecule has 1 rings (SSSR count). The lowest BCUT2D eigenvalue weighted by Crippen LogP contribution is -2.32. The van der Waals surface area contributed by atoms with Gasteiger partial charge in [0.15, 0.2) is 0 Å². The van der Waals surface area contributed by atoms with Crippen molar-refractivity contribution in [2.45, 2.75) is 17.9 Å². The van der Waals surface area contributed by atoms with Crippen LogP contribution in [-0.4, -0.2) is 39.9 Å². The second kappa shape index (κ2) is 7.36. The van der Waals surface area contributed by atoms with Crippen LogP contribution in [-0.2, 0) is 14.8 Å². The minimum atomic E-state index is -3.94. The third-order valence-electron chi connectivity index (χ3n) is 2.50. The number of methoxy groups -OCH3 is 1. The van der Waals surface area contributed by atoms with Crippen LogP contribution in [0.5, 0.6) is 0 Å². The van der Waals surface area contributed by atoms with Crippen molar-refractivity contribution in [2.75, 3.05) is 20.3 Å². The van der Waals surface area contributed by atoms with Crippen molar-refractivity contribution < 1.29 is 22.7 Å². The number of hydrogen-bond donors (Lipinski definition) is 2. The highest BCUT2D eigenvalue weighted by molar-refractivity contribution is 7.89. The van der Waals surface area contributed by atoms with Crippen LogP contribution in [0.25, 0.3) is 0 Å². The minimum Gasteiger partial charge on any atom is -0.384 e. The first-order chi connectivity index (χ1) is 9.40. The molecule has 0 amide bonds. The van der Waals surface area contributed by atoms with Gasteiger partial charge in [-0.05, 0) is 25.1 Å². The third kappa shape index (κ3) is 4.58. The van der Waals surface area contributed by atoms with E-state index in [0.29, 0.717) is 5.56 Å². The molecule has 2 N–H and O–H groups in total. The molecule has 5 nitrogen and oxygen atoms in total. The molecule has 1 aromatic rings. The zero-order chi connectivity index (χ0) is 15.2. The number of aliphatic hydroxyl groups excluding tert-OH is 1. The molecule has 0 saturated heterocycles. The monoisotopic (exact) mass is 301 g/mol. The zero-order valence-corrected chi connectivity index (χ0v) is 12.0. The minimum absolute atomic E-state index is 0.0460. The summed E-state index contributed by atoms with van der Waals surface area (Å²) >= 11 is 0. The van der Waals surface area contributed by atoms with E-state index in [4.69, 9.17) is 9.84 Å². The third-order valence-corrected chi connectivity index (χ3v) is 3.95. The number of halogens is 1. The standard InChI is InChI=1S/C13H16FNO4S/c1-10(19-2)9-15-20(17,18)13-6-5-11(4-3-7-16)8-12(13)14/h5-6,8,10,15-16H,7,9H2,1-2H3. The Morgan fingerprint density at radius 2 is 2.20 bits per heavy atom. The average molecular weight is 301 g/mol. The van der Waals surface area contributed by atoms with Crippen molar-refractivity contribution >= 4 is 10.0 Å². The Morgan fingerprint density at radius 3 is 2.75 bits per heavy atom. The number of ether oxygens (including phenoxy) is 1. The van der Waals surface area contributed by atoms with E-state index in [9.17, 15) is 12.8 Å². The molecule has 1 unspecified atom stereocenters. The van der Waals surface area contributed by atoms with Crippen LogP contribution in [0.1, 0.15) is 12.5 Å². The van der Waals surface area contributed by atoms with Gasteiger partial charge in [0.05, 0.1) is 6.10 Å². The fourth-order valence-electron chi connectivity index (χ4n) is 1.33. The predicted octanol–water partition coefficient (Wildman–Crippen LogP) is 0.483. The Labute approximate surface area is 117 Å². The van der Waals surface area contributed by atoms with Crippen LogP contribution >= 0.6 is 0 Å². The molecule has 0 aliphatic rings. The van der Waals surface area contributed by atoms with Gasteiger partial charge in [0.2, 0.25) is 10.0 Å². The molecule has 0 fully saturated rings. The Balaban J connectivity index is 2.96. The summed E-state index contributed by atoms with van der Waals surface area (Å²) in [5.41, 5.74) is 0.292. The molecule has 7 heteroatoms. The topological polar surface area (TPSA) is 75.6 Å². The van der Waals surface area contributed by atoms with E-state index < -0.39 is 20.7 Å². The van der Waals surface area contributed by atoms with Crippen molar-refractivity contribution in [1.82, 2.24) is 4.72 Å². The normalized spacial score (nSPS) is 12.6. The number of hydrogen-bond acceptors (Lipinski definition) is 4. The van der Waals surface area contributed by atoms with Gasteiger partial charge in [-0.3, -0.25) is 0 Å². The second-order valence-corrected chi connectivity index (χ2v) is 5.74. The quantitative estimate of drug-likeness (QED) is 0.776. The molecule has 0 aromatic heterocycles. The summed E-state index contributed by atoms with van der Waals surface area (Å²) < 4.78 is 44.8. The highest BCUT2D eigenvalue weighted by Crippen LogP contribution is 2.15. The summed E-state index contributed by atoms with van der Waals surface area (Å²) in [5.74, 6) is 3.96. The molecule has 1 atom stereocenters. The van der Waals surface area contributed by atoms with Gasteiger partial charge in [-0.2, -0.15) is 0 Å². The van der Waals surface area contributed by atoms with E-state index >= 15 is 0 Å². The first-order valence-electron chi connectivity index (χ1n) is 5.82. The van der Waals surface area contributed by atoms with E-state index in [-0.39, 0.29) is 19.3 Å². The van der Waals surface area contributed by atoms with Crippen LogP contribution in [0, 0.1) is 17.7 Å². The van der Waals surface area contributed by atoms with Gasteiger partial charge in [0.1, 0.15) is 17.3 Å². The highest BCUT2D eigenvalue weighted by atomic mass is 32.2. The molecule has 0 bridgehead atoms. The van der Waals surface area contributed by atoms with E-state index in [0.717, 1.165) is 12.1 Å². The molecule has 0 aliphatic carbocycles. The SMILES string of the molecule is COC(C)CNS(=O)(=O)c1ccc(C#CCO)cc1F. The Kier molecular flexibility index (Phi) is 6.10. The Morgan fingerprint density at radius 1 is 1.50 bits per heavy atom. The van der Waals surface area contributed by atoms with Crippen molar-refractivity contribution in [2.24, 2.45) is 0 Å². The number of nitrogens with one attached hydrogen (secondary N) is 1. The lowest BCUT2D eigenvalue weighted by atomic mass is 10.2. The summed E-state index contributed by atoms with van der Waals surface area (Å²) in [4.78, 5) is -0.449. The van der Waals surface area contributed by atoms with Crippen LogP contribution in [0.4, 0.5) is 4.39 Å². The first-order valence-corrected chi connectivity index (χ1v) is 7.30. The number of sulfonamides is 1. The Hall–Kier alpha value is -1.46. The van der Waals surface area contributed by atoms with Crippen LogP contribution in [0.15, 0.2) is 23.1 Å². The lowest BCUT2D eigenvalue weighted by Gasteiger charge is -2.11. The summed E-state index contributed by atoms with van der Waals surface area (Å²) in [5, 5.41) is 8.54. The van der Waals surface area contributed by atoms with Gasteiger partial charge in [0.25, 0.3) is 0 Å². The second-order valence-electron chi connectivity index (χ2n) is 4.00. The first kappa shape index (κ1) is 16.6. The van der Waals surface area contributed by atoms with Gasteiger partial charge in [-0.1, -0.05) is 11.8 Å². The lowest BCUT2D eigenvalue weighted by molar-refractivity contribution is 0.122. The maximum atomic E-state index is 13.8. The molecule has 1 aromatic carbocycles. The molecular weight excluding hydrogens is 285 g/mol. The Bertz CT molecular complexity index is 619. The van der Waals surface area contributed by atoms with Gasteiger partial charge < -0.3 is 9.84 Å². The van der Waals surface area contributed by atoms with Gasteiger partial charge in [0, 0.05) is 19.2 Å². The summed E-state index contributed by atoms with van der Waals surface area (Å²) in [6.07, 6.45) is -0.317. The van der Waals surface area contributed by atoms with Crippen molar-refractivity contribution in [3.05, 3.63) is 29.6 Å². The number of benzene rings is 1. The molecule has 0 radical (unpaired) electrons. The summed E-state index contributed by atoms with van der Waals surface area (Å²) in [7, 11) is -2.48. The van der Waals surface area contributed by atoms with E-state index in [1.54, 1.807) is 6.92 Å². The van der Waals surface area contributed by atoms with Crippen molar-refractivity contribution in [3.8, 4) is 11.8 Å². The molecule has 110 valence electrons. The van der Waals surface area contributed by atoms with E-state index in [1.807, 2.05) is 0 Å². The number of rotatable bonds is 5. The molecule has 0 heterocycles. The fraction of sp³-hybridized carbons (Fsp3) is 0.385. The maximum absolute atomic E-state index is 13.8. The van der Waals surface area contributed by atoms with Gasteiger partial charge in [-0.25, -0.2) is 17.5 Å². The molecular formula is C13H16FNO4S. The van der Waals surface area contributed by atoms with Gasteiger partial charge >= 0.3 is 0 Å². The molecule has 20 heavy (non-hydrogen) atoms. The zero-order valence-electron chi connectivity index (χ0n) is 11.2. The summed E-state index contributed by atoms with van der Waals surface area (Å²) in [6, 6.07) is 3.52. The van der Waals surface area contributed by atoms with Gasteiger partial charge in [-0.15, -0.1) is 0 Å². The fourth-order valence-corrected chi connectivity index (χ4v) is 2.50. The molecule has 0 aliphatic heterocycles. The largest absolute Gasteiger partial charge is 0.384 e. The van der Waals surface area contributed by atoms with E-state index in [1.165, 1.54) is 13.2 Å². The van der Waals surface area contributed by atoms with Crippen LogP contribution in [0.3, 0.4) is 0 Å². The molecule has 0 saturated carbocycles. The van der Waals surface area contributed by atoms with Crippen LogP contribution < -0.4 is 4.72 Å². The predicted molar refractivity (Wildman–Crippen MR) is 72.0 cm³/mol. The smallest absolute Gasteiger partial charge is 0.243 e.